The lowest BCUT2D eigenvalue weighted by atomic mass is 10.1. The SMILES string of the molecule is COc1ccc(C(=O)COC(C)C(C)C)cc1F. The maximum atomic E-state index is 13.4. The third-order valence-corrected chi connectivity index (χ3v) is 2.89. The molecule has 0 aliphatic rings. The van der Waals surface area contributed by atoms with Crippen LogP contribution in [0.5, 0.6) is 5.75 Å². The van der Waals surface area contributed by atoms with E-state index in [-0.39, 0.29) is 24.2 Å². The Kier molecular flexibility index (Phi) is 5.28. The van der Waals surface area contributed by atoms with Gasteiger partial charge in [-0.15, -0.1) is 0 Å². The molecule has 0 N–H and O–H groups in total. The monoisotopic (exact) mass is 254 g/mol. The molecule has 0 saturated carbocycles. The van der Waals surface area contributed by atoms with E-state index in [4.69, 9.17) is 9.47 Å². The van der Waals surface area contributed by atoms with Gasteiger partial charge in [0.1, 0.15) is 6.61 Å². The van der Waals surface area contributed by atoms with Gasteiger partial charge in [0.25, 0.3) is 0 Å². The highest BCUT2D eigenvalue weighted by Crippen LogP contribution is 2.18. The first kappa shape index (κ1) is 14.6. The van der Waals surface area contributed by atoms with E-state index in [9.17, 15) is 9.18 Å². The summed E-state index contributed by atoms with van der Waals surface area (Å²) < 4.78 is 23.6. The molecule has 18 heavy (non-hydrogen) atoms. The van der Waals surface area contributed by atoms with E-state index >= 15 is 0 Å². The van der Waals surface area contributed by atoms with Gasteiger partial charge in [0.15, 0.2) is 17.3 Å². The Morgan fingerprint density at radius 1 is 1.33 bits per heavy atom. The molecule has 3 nitrogen and oxygen atoms in total. The number of Topliss-reactive ketones (excluding diaryl/α,β-unsaturated/α-hetero) is 1. The number of benzene rings is 1. The molecule has 4 heteroatoms. The van der Waals surface area contributed by atoms with Gasteiger partial charge < -0.3 is 9.47 Å². The van der Waals surface area contributed by atoms with Crippen molar-refractivity contribution in [3.63, 3.8) is 0 Å². The maximum absolute atomic E-state index is 13.4. The Morgan fingerprint density at radius 2 is 2.00 bits per heavy atom. The van der Waals surface area contributed by atoms with Crippen LogP contribution in [-0.2, 0) is 4.74 Å². The van der Waals surface area contributed by atoms with Gasteiger partial charge in [0, 0.05) is 5.56 Å². The van der Waals surface area contributed by atoms with Crippen LogP contribution < -0.4 is 4.74 Å². The third-order valence-electron chi connectivity index (χ3n) is 2.89. The fourth-order valence-corrected chi connectivity index (χ4v) is 1.32. The van der Waals surface area contributed by atoms with Crippen molar-refractivity contribution < 1.29 is 18.7 Å². The quantitative estimate of drug-likeness (QED) is 0.732. The second-order valence-electron chi connectivity index (χ2n) is 4.53. The Hall–Kier alpha value is -1.42. The molecule has 1 aromatic rings. The minimum absolute atomic E-state index is 0.00274. The lowest BCUT2D eigenvalue weighted by Crippen LogP contribution is -2.20. The molecule has 100 valence electrons. The van der Waals surface area contributed by atoms with Crippen molar-refractivity contribution in [3.05, 3.63) is 29.6 Å². The summed E-state index contributed by atoms with van der Waals surface area (Å²) in [5.41, 5.74) is 0.296. The molecule has 0 aliphatic carbocycles. The summed E-state index contributed by atoms with van der Waals surface area (Å²) in [5.74, 6) is -0.308. The molecule has 1 rings (SSSR count). The zero-order valence-electron chi connectivity index (χ0n) is 11.2. The standard InChI is InChI=1S/C14H19FO3/c1-9(2)10(3)18-8-13(16)11-5-6-14(17-4)12(15)7-11/h5-7,9-10H,8H2,1-4H3. The summed E-state index contributed by atoms with van der Waals surface area (Å²) in [6, 6.07) is 4.15. The van der Waals surface area contributed by atoms with Gasteiger partial charge in [-0.2, -0.15) is 0 Å². The van der Waals surface area contributed by atoms with E-state index in [2.05, 4.69) is 0 Å². The molecule has 1 unspecified atom stereocenters. The Bertz CT molecular complexity index is 416. The zero-order valence-corrected chi connectivity index (χ0v) is 11.2. The van der Waals surface area contributed by atoms with E-state index in [1.54, 1.807) is 0 Å². The molecule has 0 radical (unpaired) electrons. The van der Waals surface area contributed by atoms with Crippen LogP contribution in [-0.4, -0.2) is 25.6 Å². The van der Waals surface area contributed by atoms with Crippen LogP contribution in [0.2, 0.25) is 0 Å². The summed E-state index contributed by atoms with van der Waals surface area (Å²) in [4.78, 5) is 11.8. The van der Waals surface area contributed by atoms with Gasteiger partial charge in [0.2, 0.25) is 0 Å². The predicted octanol–water partition coefficient (Wildman–Crippen LogP) is 3.08. The second kappa shape index (κ2) is 6.50. The van der Waals surface area contributed by atoms with Crippen molar-refractivity contribution in [3.8, 4) is 5.75 Å². The number of ether oxygens (including phenoxy) is 2. The molecule has 0 saturated heterocycles. The fourth-order valence-electron chi connectivity index (χ4n) is 1.32. The lowest BCUT2D eigenvalue weighted by Gasteiger charge is -2.15. The molecule has 0 aliphatic heterocycles. The first-order chi connectivity index (χ1) is 8.45. The molecular formula is C14H19FO3. The third kappa shape index (κ3) is 3.81. The van der Waals surface area contributed by atoms with Crippen LogP contribution in [0.3, 0.4) is 0 Å². The van der Waals surface area contributed by atoms with Gasteiger partial charge in [-0.1, -0.05) is 13.8 Å². The molecular weight excluding hydrogens is 235 g/mol. The van der Waals surface area contributed by atoms with Gasteiger partial charge >= 0.3 is 0 Å². The van der Waals surface area contributed by atoms with E-state index in [0.717, 1.165) is 0 Å². The number of carbonyl (C=O) groups excluding carboxylic acids is 1. The molecule has 1 aromatic carbocycles. The molecule has 0 heterocycles. The number of hydrogen-bond acceptors (Lipinski definition) is 3. The molecule has 0 amide bonds. The van der Waals surface area contributed by atoms with E-state index in [1.165, 1.54) is 25.3 Å². The molecule has 0 bridgehead atoms. The zero-order chi connectivity index (χ0) is 13.7. The van der Waals surface area contributed by atoms with Crippen LogP contribution in [0.1, 0.15) is 31.1 Å². The topological polar surface area (TPSA) is 35.5 Å². The fraction of sp³-hybridized carbons (Fsp3) is 0.500. The molecule has 1 atom stereocenters. The highest BCUT2D eigenvalue weighted by molar-refractivity contribution is 5.97. The van der Waals surface area contributed by atoms with Crippen LogP contribution >= 0.6 is 0 Å². The maximum Gasteiger partial charge on any atom is 0.188 e. The molecule has 0 spiro atoms. The highest BCUT2D eigenvalue weighted by atomic mass is 19.1. The van der Waals surface area contributed by atoms with Crippen molar-refractivity contribution in [2.45, 2.75) is 26.9 Å². The van der Waals surface area contributed by atoms with Crippen LogP contribution in [0.25, 0.3) is 0 Å². The van der Waals surface area contributed by atoms with Crippen LogP contribution in [0.4, 0.5) is 4.39 Å². The molecule has 0 fully saturated rings. The first-order valence-electron chi connectivity index (χ1n) is 5.94. The summed E-state index contributed by atoms with van der Waals surface area (Å²) in [5, 5.41) is 0. The Morgan fingerprint density at radius 3 is 2.50 bits per heavy atom. The average molecular weight is 254 g/mol. The van der Waals surface area contributed by atoms with Gasteiger partial charge in [0.05, 0.1) is 13.2 Å². The number of methoxy groups -OCH3 is 1. The predicted molar refractivity (Wildman–Crippen MR) is 67.5 cm³/mol. The van der Waals surface area contributed by atoms with Crippen molar-refractivity contribution in [2.75, 3.05) is 13.7 Å². The highest BCUT2D eigenvalue weighted by Gasteiger charge is 2.13. The van der Waals surface area contributed by atoms with Crippen LogP contribution in [0, 0.1) is 11.7 Å². The van der Waals surface area contributed by atoms with Crippen LogP contribution in [0.15, 0.2) is 18.2 Å². The largest absolute Gasteiger partial charge is 0.494 e. The Balaban J connectivity index is 2.65. The number of ketones is 1. The van der Waals surface area contributed by atoms with Crippen molar-refractivity contribution in [1.29, 1.82) is 0 Å². The van der Waals surface area contributed by atoms with Gasteiger partial charge in [-0.3, -0.25) is 4.79 Å². The number of hydrogen-bond donors (Lipinski definition) is 0. The molecule has 0 aromatic heterocycles. The average Bonchev–Trinajstić information content (AvgIpc) is 2.35. The van der Waals surface area contributed by atoms with E-state index in [1.807, 2.05) is 20.8 Å². The van der Waals surface area contributed by atoms with Gasteiger partial charge in [-0.25, -0.2) is 4.39 Å². The van der Waals surface area contributed by atoms with E-state index in [0.29, 0.717) is 11.5 Å². The van der Waals surface area contributed by atoms with E-state index < -0.39 is 5.82 Å². The van der Waals surface area contributed by atoms with Crippen molar-refractivity contribution in [2.24, 2.45) is 5.92 Å². The first-order valence-corrected chi connectivity index (χ1v) is 5.94. The summed E-state index contributed by atoms with van der Waals surface area (Å²) in [6.45, 7) is 5.90. The summed E-state index contributed by atoms with van der Waals surface area (Å²) >= 11 is 0. The minimum atomic E-state index is -0.541. The Labute approximate surface area is 107 Å². The lowest BCUT2D eigenvalue weighted by molar-refractivity contribution is 0.0336. The normalized spacial score (nSPS) is 12.6. The smallest absolute Gasteiger partial charge is 0.188 e. The summed E-state index contributed by atoms with van der Waals surface area (Å²) in [6.07, 6.45) is -0.00274. The number of carbonyl (C=O) groups is 1. The number of rotatable bonds is 6. The minimum Gasteiger partial charge on any atom is -0.494 e. The van der Waals surface area contributed by atoms with Crippen molar-refractivity contribution >= 4 is 5.78 Å². The second-order valence-corrected chi connectivity index (χ2v) is 4.53. The van der Waals surface area contributed by atoms with Crippen molar-refractivity contribution in [1.82, 2.24) is 0 Å². The number of halogens is 1. The van der Waals surface area contributed by atoms with Gasteiger partial charge in [-0.05, 0) is 31.0 Å². The summed E-state index contributed by atoms with van der Waals surface area (Å²) in [7, 11) is 1.38.